The number of alkyl carbamates (subject to hydrolysis) is 1. The number of ketones is 1. The van der Waals surface area contributed by atoms with Gasteiger partial charge < -0.3 is 15.0 Å². The highest BCUT2D eigenvalue weighted by Crippen LogP contribution is 2.38. The molecule has 0 unspecified atom stereocenters. The standard InChI is InChI=1S/C26H26BrClFN3O5S/c1-37-25(34)32-26(10-11-26)23(33)5-3-2-4-12-38(35,36)22-14-17(7-9-19(22)28)24-30-15-21(31-24)16-6-8-18(27)20(29)13-16/h6-9,13-15H,2-5,10-12H2,1H3,(H,30,31)(H,32,34). The molecule has 1 aliphatic carbocycles. The number of carbonyl (C=O) groups is 2. The number of imidazole rings is 1. The molecule has 4 rings (SSSR count). The number of methoxy groups -OCH3 is 1. The van der Waals surface area contributed by atoms with Crippen molar-refractivity contribution in [2.24, 2.45) is 0 Å². The van der Waals surface area contributed by atoms with Gasteiger partial charge in [0, 0.05) is 17.5 Å². The smallest absolute Gasteiger partial charge is 0.407 e. The zero-order valence-corrected chi connectivity index (χ0v) is 23.7. The van der Waals surface area contributed by atoms with Crippen LogP contribution in [0.2, 0.25) is 5.02 Å². The van der Waals surface area contributed by atoms with Crippen LogP contribution in [-0.4, -0.2) is 48.7 Å². The SMILES string of the molecule is COC(=O)NC1(C(=O)CCCCCS(=O)(=O)c2cc(-c3ncc(-c4ccc(Br)c(F)c4)[nH]3)ccc2Cl)CC1. The van der Waals surface area contributed by atoms with Crippen molar-refractivity contribution in [1.29, 1.82) is 0 Å². The van der Waals surface area contributed by atoms with Gasteiger partial charge in [0.2, 0.25) is 0 Å². The van der Waals surface area contributed by atoms with Crippen LogP contribution in [0.3, 0.4) is 0 Å². The molecule has 202 valence electrons. The first-order valence-corrected chi connectivity index (χ1v) is 14.8. The van der Waals surface area contributed by atoms with Crippen LogP contribution in [0.1, 0.15) is 38.5 Å². The molecule has 12 heteroatoms. The van der Waals surface area contributed by atoms with Crippen LogP contribution in [0.4, 0.5) is 9.18 Å². The molecule has 0 atom stereocenters. The molecule has 0 spiro atoms. The number of amides is 1. The van der Waals surface area contributed by atoms with E-state index in [1.807, 2.05) is 0 Å². The summed E-state index contributed by atoms with van der Waals surface area (Å²) in [6.45, 7) is 0. The Labute approximate surface area is 233 Å². The Kier molecular flexibility index (Phi) is 8.59. The molecule has 3 aromatic rings. The van der Waals surface area contributed by atoms with Gasteiger partial charge in [0.25, 0.3) is 0 Å². The molecule has 2 N–H and O–H groups in total. The second kappa shape index (κ2) is 11.5. The number of ether oxygens (including phenoxy) is 1. The Morgan fingerprint density at radius 1 is 1.16 bits per heavy atom. The van der Waals surface area contributed by atoms with Crippen LogP contribution >= 0.6 is 27.5 Å². The van der Waals surface area contributed by atoms with Gasteiger partial charge in [-0.1, -0.05) is 24.1 Å². The topological polar surface area (TPSA) is 118 Å². The second-order valence-corrected chi connectivity index (χ2v) is 12.5. The van der Waals surface area contributed by atoms with Crippen molar-refractivity contribution in [2.45, 2.75) is 49.0 Å². The average molecular weight is 627 g/mol. The fourth-order valence-corrected chi connectivity index (χ4v) is 6.31. The molecule has 0 bridgehead atoms. The normalized spacial score (nSPS) is 14.2. The minimum atomic E-state index is -3.70. The van der Waals surface area contributed by atoms with E-state index in [9.17, 15) is 22.4 Å². The van der Waals surface area contributed by atoms with E-state index in [1.165, 1.54) is 25.3 Å². The second-order valence-electron chi connectivity index (χ2n) is 9.17. The van der Waals surface area contributed by atoms with Gasteiger partial charge in [0.1, 0.15) is 17.2 Å². The molecule has 1 aliphatic rings. The van der Waals surface area contributed by atoms with Crippen molar-refractivity contribution >= 4 is 49.2 Å². The number of carbonyl (C=O) groups excluding carboxylic acids is 2. The number of nitrogens with zero attached hydrogens (tertiary/aromatic N) is 1. The van der Waals surface area contributed by atoms with Gasteiger partial charge in [-0.05, 0) is 71.9 Å². The van der Waals surface area contributed by atoms with Gasteiger partial charge in [-0.15, -0.1) is 0 Å². The first-order chi connectivity index (χ1) is 18.0. The lowest BCUT2D eigenvalue weighted by Gasteiger charge is -2.15. The van der Waals surface area contributed by atoms with Crippen molar-refractivity contribution in [1.82, 2.24) is 15.3 Å². The Hall–Kier alpha value is -2.76. The van der Waals surface area contributed by atoms with E-state index in [4.69, 9.17) is 11.6 Å². The number of rotatable bonds is 11. The van der Waals surface area contributed by atoms with Crippen molar-refractivity contribution in [3.63, 3.8) is 0 Å². The molecule has 8 nitrogen and oxygen atoms in total. The number of nitrogens with one attached hydrogen (secondary N) is 2. The van der Waals surface area contributed by atoms with Crippen molar-refractivity contribution in [3.8, 4) is 22.6 Å². The number of aromatic nitrogens is 2. The Bertz CT molecular complexity index is 1470. The molecule has 0 radical (unpaired) electrons. The van der Waals surface area contributed by atoms with Gasteiger partial charge in [-0.3, -0.25) is 4.79 Å². The zero-order valence-electron chi connectivity index (χ0n) is 20.5. The highest BCUT2D eigenvalue weighted by atomic mass is 79.9. The fraction of sp³-hybridized carbons (Fsp3) is 0.346. The summed E-state index contributed by atoms with van der Waals surface area (Å²) in [5.74, 6) is -0.181. The lowest BCUT2D eigenvalue weighted by Crippen LogP contribution is -2.43. The molecule has 1 fully saturated rings. The van der Waals surface area contributed by atoms with Gasteiger partial charge in [0.15, 0.2) is 15.6 Å². The molecular formula is C26H26BrClFN3O5S. The third-order valence-electron chi connectivity index (χ3n) is 6.47. The highest BCUT2D eigenvalue weighted by molar-refractivity contribution is 9.10. The van der Waals surface area contributed by atoms with Crippen LogP contribution in [0.15, 0.2) is 52.0 Å². The summed E-state index contributed by atoms with van der Waals surface area (Å²) in [5.41, 5.74) is 0.869. The molecule has 1 heterocycles. The lowest BCUT2D eigenvalue weighted by molar-refractivity contribution is -0.122. The number of unbranched alkanes of at least 4 members (excludes halogenated alkanes) is 2. The number of H-pyrrole nitrogens is 1. The largest absolute Gasteiger partial charge is 0.453 e. The highest BCUT2D eigenvalue weighted by Gasteiger charge is 2.50. The van der Waals surface area contributed by atoms with Gasteiger partial charge in [-0.2, -0.15) is 0 Å². The third kappa shape index (κ3) is 6.44. The van der Waals surface area contributed by atoms with E-state index in [0.717, 1.165) is 0 Å². The van der Waals surface area contributed by atoms with Crippen LogP contribution in [0.5, 0.6) is 0 Å². The Morgan fingerprint density at radius 2 is 1.89 bits per heavy atom. The minimum Gasteiger partial charge on any atom is -0.453 e. The van der Waals surface area contributed by atoms with Crippen LogP contribution < -0.4 is 5.32 Å². The Morgan fingerprint density at radius 3 is 2.58 bits per heavy atom. The molecule has 1 amide bonds. The molecular weight excluding hydrogens is 601 g/mol. The molecule has 38 heavy (non-hydrogen) atoms. The zero-order chi connectivity index (χ0) is 27.5. The van der Waals surface area contributed by atoms with Crippen molar-refractivity contribution in [3.05, 3.63) is 57.9 Å². The van der Waals surface area contributed by atoms with E-state index in [0.29, 0.717) is 59.2 Å². The first-order valence-electron chi connectivity index (χ1n) is 12.0. The third-order valence-corrected chi connectivity index (χ3v) is 9.39. The Balaban J connectivity index is 1.36. The number of sulfone groups is 1. The summed E-state index contributed by atoms with van der Waals surface area (Å²) in [7, 11) is -2.45. The summed E-state index contributed by atoms with van der Waals surface area (Å²) in [6, 6.07) is 9.34. The van der Waals surface area contributed by atoms with Gasteiger partial charge in [0.05, 0.1) is 39.1 Å². The van der Waals surface area contributed by atoms with Crippen LogP contribution in [0, 0.1) is 5.82 Å². The van der Waals surface area contributed by atoms with E-state index < -0.39 is 27.3 Å². The summed E-state index contributed by atoms with van der Waals surface area (Å²) in [5, 5.41) is 2.70. The number of benzene rings is 2. The van der Waals surface area contributed by atoms with Gasteiger partial charge in [-0.25, -0.2) is 22.6 Å². The number of hydrogen-bond acceptors (Lipinski definition) is 6. The fourth-order valence-electron chi connectivity index (χ4n) is 4.12. The monoisotopic (exact) mass is 625 g/mol. The number of halogens is 3. The predicted octanol–water partition coefficient (Wildman–Crippen LogP) is 6.09. The number of aromatic amines is 1. The maximum atomic E-state index is 13.9. The maximum Gasteiger partial charge on any atom is 0.407 e. The first kappa shape index (κ1) is 28.3. The molecule has 0 aliphatic heterocycles. The number of hydrogen-bond donors (Lipinski definition) is 2. The van der Waals surface area contributed by atoms with Crippen LogP contribution in [-0.2, 0) is 19.4 Å². The van der Waals surface area contributed by atoms with E-state index in [1.54, 1.807) is 24.4 Å². The summed E-state index contributed by atoms with van der Waals surface area (Å²) >= 11 is 9.38. The molecule has 0 saturated heterocycles. The average Bonchev–Trinajstić information content (AvgIpc) is 3.50. The number of Topliss-reactive ketones (excluding diaryl/α,β-unsaturated/α-hetero) is 1. The van der Waals surface area contributed by atoms with Crippen LogP contribution in [0.25, 0.3) is 22.6 Å². The quantitative estimate of drug-likeness (QED) is 0.249. The summed E-state index contributed by atoms with van der Waals surface area (Å²) in [4.78, 5) is 31.3. The lowest BCUT2D eigenvalue weighted by atomic mass is 10.0. The van der Waals surface area contributed by atoms with E-state index in [2.05, 4.69) is 36.0 Å². The molecule has 2 aromatic carbocycles. The predicted molar refractivity (Wildman–Crippen MR) is 145 cm³/mol. The van der Waals surface area contributed by atoms with E-state index in [-0.39, 0.29) is 27.9 Å². The summed E-state index contributed by atoms with van der Waals surface area (Å²) in [6.07, 6.45) is 3.74. The molecule has 1 saturated carbocycles. The molecule has 1 aromatic heterocycles. The van der Waals surface area contributed by atoms with Crippen molar-refractivity contribution in [2.75, 3.05) is 12.9 Å². The van der Waals surface area contributed by atoms with Crippen molar-refractivity contribution < 1.29 is 27.1 Å². The minimum absolute atomic E-state index is 0.000379. The summed E-state index contributed by atoms with van der Waals surface area (Å²) < 4.78 is 45.0. The van der Waals surface area contributed by atoms with Gasteiger partial charge >= 0.3 is 6.09 Å². The maximum absolute atomic E-state index is 13.9. The van der Waals surface area contributed by atoms with E-state index >= 15 is 0 Å².